The minimum atomic E-state index is -3.22. The summed E-state index contributed by atoms with van der Waals surface area (Å²) in [6.45, 7) is 6.53. The van der Waals surface area contributed by atoms with Crippen molar-refractivity contribution in [1.82, 2.24) is 4.72 Å². The van der Waals surface area contributed by atoms with Gasteiger partial charge in [-0.1, -0.05) is 6.42 Å². The molecule has 26 heavy (non-hydrogen) atoms. The van der Waals surface area contributed by atoms with Gasteiger partial charge in [0.15, 0.2) is 0 Å². The molecule has 0 radical (unpaired) electrons. The molecule has 1 saturated carbocycles. The van der Waals surface area contributed by atoms with Gasteiger partial charge in [-0.15, -0.1) is 0 Å². The Labute approximate surface area is 159 Å². The Morgan fingerprint density at radius 3 is 2.23 bits per heavy atom. The maximum atomic E-state index is 11.9. The van der Waals surface area contributed by atoms with Gasteiger partial charge in [-0.05, 0) is 83.6 Å². The minimum Gasteiger partial charge on any atom is -0.490 e. The highest BCUT2D eigenvalue weighted by Gasteiger charge is 2.27. The number of sulfonamides is 1. The summed E-state index contributed by atoms with van der Waals surface area (Å²) < 4.78 is 31.8. The molecule has 148 valence electrons. The number of benzene rings is 1. The van der Waals surface area contributed by atoms with Crippen molar-refractivity contribution in [2.45, 2.75) is 76.6 Å². The topological polar surface area (TPSA) is 67.4 Å². The fourth-order valence-electron chi connectivity index (χ4n) is 2.93. The number of hydrogen-bond donors (Lipinski definition) is 2. The average Bonchev–Trinajstić information content (AvgIpc) is 3.07. The molecule has 6 heteroatoms. The summed E-state index contributed by atoms with van der Waals surface area (Å²) in [7, 11) is -3.22. The van der Waals surface area contributed by atoms with Gasteiger partial charge in [0, 0.05) is 18.8 Å². The quantitative estimate of drug-likeness (QED) is 0.592. The molecule has 0 spiro atoms. The van der Waals surface area contributed by atoms with Crippen LogP contribution in [0.4, 0.5) is 5.69 Å². The first-order chi connectivity index (χ1) is 12.3. The molecule has 0 amide bonds. The van der Waals surface area contributed by atoms with Crippen LogP contribution in [0.15, 0.2) is 24.3 Å². The van der Waals surface area contributed by atoms with Gasteiger partial charge in [-0.3, -0.25) is 0 Å². The van der Waals surface area contributed by atoms with E-state index in [9.17, 15) is 8.42 Å². The third-order valence-corrected chi connectivity index (χ3v) is 6.94. The Morgan fingerprint density at radius 1 is 1.00 bits per heavy atom. The van der Waals surface area contributed by atoms with E-state index in [1.54, 1.807) is 20.8 Å². The number of hydrogen-bond acceptors (Lipinski definition) is 4. The van der Waals surface area contributed by atoms with E-state index in [-0.39, 0.29) is 0 Å². The Hall–Kier alpha value is -1.27. The molecular weight excluding hydrogens is 348 g/mol. The normalized spacial score (nSPS) is 16.0. The molecule has 0 atom stereocenters. The highest BCUT2D eigenvalue weighted by atomic mass is 32.2. The molecule has 0 unspecified atom stereocenters. The summed E-state index contributed by atoms with van der Waals surface area (Å²) in [4.78, 5) is 0. The molecule has 1 fully saturated rings. The van der Waals surface area contributed by atoms with Crippen molar-refractivity contribution < 1.29 is 13.2 Å². The molecule has 0 saturated heterocycles. The smallest absolute Gasteiger partial charge is 0.216 e. The highest BCUT2D eigenvalue weighted by Crippen LogP contribution is 2.25. The SMILES string of the molecule is CC(C)(C)S(=O)(=O)NCCCCCNc1ccc(OC2CCCC2)cc1. The molecule has 0 bridgehead atoms. The Bertz CT molecular complexity index is 630. The van der Waals surface area contributed by atoms with Crippen LogP contribution in [0.1, 0.15) is 65.7 Å². The zero-order valence-electron chi connectivity index (χ0n) is 16.4. The van der Waals surface area contributed by atoms with E-state index in [1.165, 1.54) is 25.7 Å². The van der Waals surface area contributed by atoms with Crippen molar-refractivity contribution in [2.75, 3.05) is 18.4 Å². The Kier molecular flexibility index (Phi) is 7.77. The first-order valence-electron chi connectivity index (χ1n) is 9.78. The number of anilines is 1. The summed E-state index contributed by atoms with van der Waals surface area (Å²) in [5, 5.41) is 3.40. The van der Waals surface area contributed by atoms with Crippen molar-refractivity contribution in [1.29, 1.82) is 0 Å². The first kappa shape index (κ1) is 21.0. The molecule has 1 aliphatic rings. The van der Waals surface area contributed by atoms with E-state index in [2.05, 4.69) is 22.2 Å². The first-order valence-corrected chi connectivity index (χ1v) is 11.3. The fraction of sp³-hybridized carbons (Fsp3) is 0.700. The molecule has 1 aromatic rings. The third-order valence-electron chi connectivity index (χ3n) is 4.74. The van der Waals surface area contributed by atoms with Crippen LogP contribution in [0, 0.1) is 0 Å². The molecule has 5 nitrogen and oxygen atoms in total. The molecule has 0 aliphatic heterocycles. The standard InChI is InChI=1S/C20H34N2O3S/c1-20(2,3)26(23,24)22-16-8-4-7-15-21-17-11-13-19(14-12-17)25-18-9-5-6-10-18/h11-14,18,21-22H,4-10,15-16H2,1-3H3. The van der Waals surface area contributed by atoms with E-state index in [0.29, 0.717) is 12.6 Å². The van der Waals surface area contributed by atoms with Crippen LogP contribution in [0.3, 0.4) is 0 Å². The van der Waals surface area contributed by atoms with Crippen LogP contribution < -0.4 is 14.8 Å². The summed E-state index contributed by atoms with van der Waals surface area (Å²) in [6.07, 6.45) is 8.15. The Morgan fingerprint density at radius 2 is 1.62 bits per heavy atom. The lowest BCUT2D eigenvalue weighted by Gasteiger charge is -2.19. The van der Waals surface area contributed by atoms with Crippen LogP contribution in [0.25, 0.3) is 0 Å². The lowest BCUT2D eigenvalue weighted by Crippen LogP contribution is -2.39. The summed E-state index contributed by atoms with van der Waals surface area (Å²) in [5.74, 6) is 0.952. The third kappa shape index (κ3) is 6.80. The van der Waals surface area contributed by atoms with E-state index >= 15 is 0 Å². The number of unbranched alkanes of at least 4 members (excludes halogenated alkanes) is 2. The zero-order valence-corrected chi connectivity index (χ0v) is 17.2. The maximum Gasteiger partial charge on any atom is 0.216 e. The Balaban J connectivity index is 1.57. The molecule has 2 rings (SSSR count). The average molecular weight is 383 g/mol. The molecular formula is C20H34N2O3S. The highest BCUT2D eigenvalue weighted by molar-refractivity contribution is 7.90. The summed E-state index contributed by atoms with van der Waals surface area (Å²) in [5.41, 5.74) is 1.09. The van der Waals surface area contributed by atoms with E-state index < -0.39 is 14.8 Å². The van der Waals surface area contributed by atoms with Gasteiger partial charge < -0.3 is 10.1 Å². The van der Waals surface area contributed by atoms with Crippen LogP contribution in [-0.2, 0) is 10.0 Å². The zero-order chi connectivity index (χ0) is 19.0. The van der Waals surface area contributed by atoms with Crippen molar-refractivity contribution >= 4 is 15.7 Å². The lowest BCUT2D eigenvalue weighted by molar-refractivity contribution is 0.210. The van der Waals surface area contributed by atoms with Gasteiger partial charge in [0.25, 0.3) is 0 Å². The van der Waals surface area contributed by atoms with Gasteiger partial charge >= 0.3 is 0 Å². The summed E-state index contributed by atoms with van der Waals surface area (Å²) >= 11 is 0. The largest absolute Gasteiger partial charge is 0.490 e. The van der Waals surface area contributed by atoms with E-state index in [1.807, 2.05) is 12.1 Å². The molecule has 1 aliphatic carbocycles. The van der Waals surface area contributed by atoms with Crippen LogP contribution in [-0.4, -0.2) is 32.4 Å². The number of rotatable bonds is 10. The monoisotopic (exact) mass is 382 g/mol. The van der Waals surface area contributed by atoms with Gasteiger partial charge in [-0.2, -0.15) is 0 Å². The maximum absolute atomic E-state index is 11.9. The van der Waals surface area contributed by atoms with Crippen molar-refractivity contribution in [3.63, 3.8) is 0 Å². The van der Waals surface area contributed by atoms with Crippen LogP contribution in [0.2, 0.25) is 0 Å². The minimum absolute atomic E-state index is 0.393. The molecule has 2 N–H and O–H groups in total. The van der Waals surface area contributed by atoms with Gasteiger partial charge in [0.05, 0.1) is 10.9 Å². The van der Waals surface area contributed by atoms with Gasteiger partial charge in [0.1, 0.15) is 5.75 Å². The van der Waals surface area contributed by atoms with Crippen molar-refractivity contribution in [3.8, 4) is 5.75 Å². The van der Waals surface area contributed by atoms with Crippen molar-refractivity contribution in [2.24, 2.45) is 0 Å². The molecule has 1 aromatic carbocycles. The number of ether oxygens (including phenoxy) is 1. The second-order valence-electron chi connectivity index (χ2n) is 8.05. The molecule has 0 heterocycles. The predicted octanol–water partition coefficient (Wildman–Crippen LogP) is 4.31. The summed E-state index contributed by atoms with van der Waals surface area (Å²) in [6, 6.07) is 8.17. The second-order valence-corrected chi connectivity index (χ2v) is 10.6. The molecule has 0 aromatic heterocycles. The fourth-order valence-corrected chi connectivity index (χ4v) is 3.78. The van der Waals surface area contributed by atoms with Gasteiger partial charge in [0.2, 0.25) is 10.0 Å². The number of nitrogens with one attached hydrogen (secondary N) is 2. The second kappa shape index (κ2) is 9.60. The van der Waals surface area contributed by atoms with Crippen molar-refractivity contribution in [3.05, 3.63) is 24.3 Å². The van der Waals surface area contributed by atoms with Crippen LogP contribution >= 0.6 is 0 Å². The van der Waals surface area contributed by atoms with E-state index in [4.69, 9.17) is 4.74 Å². The van der Waals surface area contributed by atoms with Crippen LogP contribution in [0.5, 0.6) is 5.75 Å². The lowest BCUT2D eigenvalue weighted by atomic mass is 10.2. The predicted molar refractivity (Wildman–Crippen MR) is 108 cm³/mol. The van der Waals surface area contributed by atoms with Gasteiger partial charge in [-0.25, -0.2) is 13.1 Å². The van der Waals surface area contributed by atoms with E-state index in [0.717, 1.165) is 37.2 Å².